The van der Waals surface area contributed by atoms with Gasteiger partial charge in [-0.15, -0.1) is 0 Å². The highest BCUT2D eigenvalue weighted by Crippen LogP contribution is 2.32. The Hall–Kier alpha value is -4.85. The maximum absolute atomic E-state index is 13.5. The summed E-state index contributed by atoms with van der Waals surface area (Å²) < 4.78 is 41.6. The van der Waals surface area contributed by atoms with E-state index in [9.17, 15) is 22.8 Å². The van der Waals surface area contributed by atoms with E-state index in [1.165, 1.54) is 18.2 Å². The van der Waals surface area contributed by atoms with Gasteiger partial charge in [0.05, 0.1) is 22.2 Å². The van der Waals surface area contributed by atoms with E-state index in [1.54, 1.807) is 35.0 Å². The van der Waals surface area contributed by atoms with Crippen LogP contribution >= 0.6 is 0 Å². The van der Waals surface area contributed by atoms with Gasteiger partial charge in [0.2, 0.25) is 0 Å². The van der Waals surface area contributed by atoms with Crippen molar-refractivity contribution in [3.05, 3.63) is 131 Å². The van der Waals surface area contributed by atoms with E-state index in [1.807, 2.05) is 42.5 Å². The zero-order chi connectivity index (χ0) is 27.6. The van der Waals surface area contributed by atoms with Crippen molar-refractivity contribution in [3.8, 4) is 11.1 Å². The Morgan fingerprint density at radius 2 is 1.54 bits per heavy atom. The number of aromatic carboxylic acids is 1. The molecular formula is C31H23F3N2O3. The quantitative estimate of drug-likeness (QED) is 0.239. The smallest absolute Gasteiger partial charge is 0.416 e. The monoisotopic (exact) mass is 528 g/mol. The van der Waals surface area contributed by atoms with Crippen LogP contribution in [0, 0.1) is 0 Å². The average Bonchev–Trinajstić information content (AvgIpc) is 3.34. The Labute approximate surface area is 222 Å². The maximum atomic E-state index is 13.5. The van der Waals surface area contributed by atoms with Crippen LogP contribution in [0.5, 0.6) is 0 Å². The number of carboxylic acids is 1. The molecule has 39 heavy (non-hydrogen) atoms. The van der Waals surface area contributed by atoms with Crippen LogP contribution < -0.4 is 5.32 Å². The number of benzene rings is 4. The molecule has 2 N–H and O–H groups in total. The third-order valence-corrected chi connectivity index (χ3v) is 6.47. The predicted molar refractivity (Wildman–Crippen MR) is 142 cm³/mol. The molecule has 0 saturated heterocycles. The summed E-state index contributed by atoms with van der Waals surface area (Å²) in [6.07, 6.45) is -2.69. The van der Waals surface area contributed by atoms with Crippen LogP contribution in [-0.4, -0.2) is 21.6 Å². The highest BCUT2D eigenvalue weighted by atomic mass is 19.4. The number of carboxylic acid groups (broad SMARTS) is 1. The Bertz CT molecular complexity index is 1660. The van der Waals surface area contributed by atoms with Gasteiger partial charge in [0.15, 0.2) is 0 Å². The average molecular weight is 529 g/mol. The van der Waals surface area contributed by atoms with Crippen molar-refractivity contribution in [1.29, 1.82) is 0 Å². The van der Waals surface area contributed by atoms with Crippen LogP contribution in [0.1, 0.15) is 37.4 Å². The second-order valence-corrected chi connectivity index (χ2v) is 9.15. The van der Waals surface area contributed by atoms with E-state index in [4.69, 9.17) is 5.11 Å². The molecule has 1 aromatic heterocycles. The molecule has 0 fully saturated rings. The van der Waals surface area contributed by atoms with E-state index in [-0.39, 0.29) is 24.6 Å². The van der Waals surface area contributed by atoms with Crippen molar-refractivity contribution in [1.82, 2.24) is 9.88 Å². The van der Waals surface area contributed by atoms with Gasteiger partial charge in [0.25, 0.3) is 5.91 Å². The summed E-state index contributed by atoms with van der Waals surface area (Å²) in [5, 5.41) is 12.8. The number of hydrogen-bond donors (Lipinski definition) is 2. The Balaban J connectivity index is 1.51. The normalized spacial score (nSPS) is 11.5. The molecule has 0 aliphatic rings. The number of amides is 1. The van der Waals surface area contributed by atoms with Crippen LogP contribution in [0.15, 0.2) is 103 Å². The number of aromatic nitrogens is 1. The Morgan fingerprint density at radius 1 is 0.795 bits per heavy atom. The zero-order valence-corrected chi connectivity index (χ0v) is 20.6. The van der Waals surface area contributed by atoms with Crippen molar-refractivity contribution < 1.29 is 27.9 Å². The van der Waals surface area contributed by atoms with Gasteiger partial charge in [0.1, 0.15) is 0 Å². The van der Waals surface area contributed by atoms with Crippen LogP contribution in [0.25, 0.3) is 22.0 Å². The molecule has 5 nitrogen and oxygen atoms in total. The molecule has 0 radical (unpaired) electrons. The van der Waals surface area contributed by atoms with Gasteiger partial charge < -0.3 is 15.0 Å². The number of nitrogens with zero attached hydrogens (tertiary/aromatic N) is 1. The second kappa shape index (κ2) is 10.5. The molecule has 1 heterocycles. The molecular weight excluding hydrogens is 505 g/mol. The molecule has 0 unspecified atom stereocenters. The third kappa shape index (κ3) is 5.70. The standard InChI is InChI=1S/C31H23F3N2O3/c32-31(33,34)26-8-4-5-21(15-26)19-36-14-13-24-16-25(22-6-2-1-3-7-22)17-27(28(24)36)29(37)35-18-20-9-11-23(12-10-20)30(38)39/h1-17H,18-19H2,(H,35,37)(H,38,39). The SMILES string of the molecule is O=C(O)c1ccc(CNC(=O)c2cc(-c3ccccc3)cc3ccn(Cc4cccc(C(F)(F)F)c4)c23)cc1. The number of fused-ring (bicyclic) bond motifs is 1. The van der Waals surface area contributed by atoms with Crippen LogP contribution in [-0.2, 0) is 19.3 Å². The molecule has 196 valence electrons. The van der Waals surface area contributed by atoms with Gasteiger partial charge in [-0.1, -0.05) is 54.6 Å². The van der Waals surface area contributed by atoms with E-state index >= 15 is 0 Å². The van der Waals surface area contributed by atoms with Crippen LogP contribution in [0.2, 0.25) is 0 Å². The molecule has 0 aliphatic heterocycles. The minimum atomic E-state index is -4.45. The molecule has 0 spiro atoms. The number of carbonyl (C=O) groups is 2. The van der Waals surface area contributed by atoms with Crippen LogP contribution in [0.4, 0.5) is 13.2 Å². The lowest BCUT2D eigenvalue weighted by atomic mass is 9.99. The predicted octanol–water partition coefficient (Wildman–Crippen LogP) is 7.00. The molecule has 8 heteroatoms. The van der Waals surface area contributed by atoms with E-state index in [0.717, 1.165) is 34.2 Å². The number of hydrogen-bond acceptors (Lipinski definition) is 2. The van der Waals surface area contributed by atoms with Crippen molar-refractivity contribution in [2.75, 3.05) is 0 Å². The number of nitrogens with one attached hydrogen (secondary N) is 1. The fourth-order valence-corrected chi connectivity index (χ4v) is 4.54. The summed E-state index contributed by atoms with van der Waals surface area (Å²) in [6.45, 7) is 0.319. The second-order valence-electron chi connectivity index (χ2n) is 9.15. The number of halogens is 3. The zero-order valence-electron chi connectivity index (χ0n) is 20.6. The minimum absolute atomic E-state index is 0.148. The third-order valence-electron chi connectivity index (χ3n) is 6.47. The number of alkyl halides is 3. The largest absolute Gasteiger partial charge is 0.478 e. The highest BCUT2D eigenvalue weighted by molar-refractivity contribution is 6.07. The Morgan fingerprint density at radius 3 is 2.23 bits per heavy atom. The van der Waals surface area contributed by atoms with Crippen molar-refractivity contribution in [2.24, 2.45) is 0 Å². The summed E-state index contributed by atoms with van der Waals surface area (Å²) in [5.41, 5.74) is 3.34. The topological polar surface area (TPSA) is 71.3 Å². The fourth-order valence-electron chi connectivity index (χ4n) is 4.54. The van der Waals surface area contributed by atoms with E-state index in [2.05, 4.69) is 5.32 Å². The molecule has 0 bridgehead atoms. The first-order valence-electron chi connectivity index (χ1n) is 12.1. The first-order valence-corrected chi connectivity index (χ1v) is 12.1. The summed E-state index contributed by atoms with van der Waals surface area (Å²) in [6, 6.07) is 26.5. The van der Waals surface area contributed by atoms with Gasteiger partial charge in [-0.3, -0.25) is 4.79 Å². The number of carbonyl (C=O) groups excluding carboxylic acids is 1. The van der Waals surface area contributed by atoms with Gasteiger partial charge in [0, 0.05) is 24.7 Å². The fraction of sp³-hybridized carbons (Fsp3) is 0.0968. The highest BCUT2D eigenvalue weighted by Gasteiger charge is 2.30. The molecule has 1 amide bonds. The molecule has 0 atom stereocenters. The summed E-state index contributed by atoms with van der Waals surface area (Å²) in [4.78, 5) is 24.6. The minimum Gasteiger partial charge on any atom is -0.478 e. The van der Waals surface area contributed by atoms with Crippen LogP contribution in [0.3, 0.4) is 0 Å². The first-order chi connectivity index (χ1) is 18.7. The van der Waals surface area contributed by atoms with Gasteiger partial charge in [-0.2, -0.15) is 13.2 Å². The lowest BCUT2D eigenvalue weighted by Crippen LogP contribution is -2.23. The summed E-state index contributed by atoms with van der Waals surface area (Å²) in [5.74, 6) is -1.39. The molecule has 4 aromatic carbocycles. The summed E-state index contributed by atoms with van der Waals surface area (Å²) in [7, 11) is 0. The molecule has 0 saturated carbocycles. The van der Waals surface area contributed by atoms with Gasteiger partial charge in [-0.05, 0) is 64.7 Å². The van der Waals surface area contributed by atoms with E-state index < -0.39 is 17.7 Å². The number of rotatable bonds is 7. The lowest BCUT2D eigenvalue weighted by molar-refractivity contribution is -0.137. The van der Waals surface area contributed by atoms with Crippen molar-refractivity contribution in [2.45, 2.75) is 19.3 Å². The first kappa shape index (κ1) is 25.8. The van der Waals surface area contributed by atoms with Gasteiger partial charge >= 0.3 is 12.1 Å². The maximum Gasteiger partial charge on any atom is 0.416 e. The molecule has 5 rings (SSSR count). The lowest BCUT2D eigenvalue weighted by Gasteiger charge is -2.14. The van der Waals surface area contributed by atoms with Crippen molar-refractivity contribution in [3.63, 3.8) is 0 Å². The van der Waals surface area contributed by atoms with E-state index in [0.29, 0.717) is 16.6 Å². The molecule has 5 aromatic rings. The van der Waals surface area contributed by atoms with Gasteiger partial charge in [-0.25, -0.2) is 4.79 Å². The molecule has 0 aliphatic carbocycles. The Kier molecular flexibility index (Phi) is 6.94. The van der Waals surface area contributed by atoms with Crippen molar-refractivity contribution >= 4 is 22.8 Å². The summed E-state index contributed by atoms with van der Waals surface area (Å²) >= 11 is 0.